The van der Waals surface area contributed by atoms with E-state index in [2.05, 4.69) is 15.9 Å². The zero-order valence-corrected chi connectivity index (χ0v) is 9.47. The third-order valence-electron chi connectivity index (χ3n) is 1.92. The van der Waals surface area contributed by atoms with Gasteiger partial charge in [0.1, 0.15) is 0 Å². The Morgan fingerprint density at radius 1 is 1.29 bits per heavy atom. The molecule has 1 aromatic carbocycles. The van der Waals surface area contributed by atoms with Crippen LogP contribution in [0.5, 0.6) is 0 Å². The van der Waals surface area contributed by atoms with Crippen LogP contribution in [0.15, 0.2) is 22.0 Å². The van der Waals surface area contributed by atoms with E-state index in [0.717, 1.165) is 13.9 Å². The van der Waals surface area contributed by atoms with Crippen molar-refractivity contribution in [3.63, 3.8) is 0 Å². The fourth-order valence-corrected chi connectivity index (χ4v) is 3.00. The van der Waals surface area contributed by atoms with Crippen LogP contribution in [0.2, 0.25) is 0 Å². The summed E-state index contributed by atoms with van der Waals surface area (Å²) >= 11 is 4.80. The molecular weight excluding hydrogens is 265 g/mol. The van der Waals surface area contributed by atoms with Gasteiger partial charge in [-0.1, -0.05) is 0 Å². The Morgan fingerprint density at radius 2 is 2.00 bits per heavy atom. The molecule has 1 heterocycles. The van der Waals surface area contributed by atoms with Crippen molar-refractivity contribution in [2.75, 3.05) is 5.73 Å². The van der Waals surface area contributed by atoms with Crippen molar-refractivity contribution in [3.8, 4) is 0 Å². The summed E-state index contributed by atoms with van der Waals surface area (Å²) in [6.45, 7) is 0. The van der Waals surface area contributed by atoms with Crippen LogP contribution in [0.25, 0.3) is 10.1 Å². The molecule has 0 aliphatic rings. The number of hydrogen-bond donors (Lipinski definition) is 3. The van der Waals surface area contributed by atoms with E-state index in [4.69, 9.17) is 15.8 Å². The molecule has 0 aliphatic carbocycles. The molecule has 0 aliphatic heterocycles. The van der Waals surface area contributed by atoms with E-state index in [1.807, 2.05) is 12.1 Å². The first-order valence-corrected chi connectivity index (χ1v) is 5.53. The van der Waals surface area contributed by atoms with Gasteiger partial charge in [-0.2, -0.15) is 0 Å². The second-order valence-electron chi connectivity index (χ2n) is 2.95. The molecule has 0 radical (unpaired) electrons. The molecular formula is C8H7BBrNO2S. The predicted molar refractivity (Wildman–Crippen MR) is 63.8 cm³/mol. The van der Waals surface area contributed by atoms with E-state index in [9.17, 15) is 0 Å². The maximum Gasteiger partial charge on any atom is 0.489 e. The Morgan fingerprint density at radius 3 is 2.64 bits per heavy atom. The fraction of sp³-hybridized carbons (Fsp3) is 0. The van der Waals surface area contributed by atoms with E-state index >= 15 is 0 Å². The van der Waals surface area contributed by atoms with Gasteiger partial charge in [0.15, 0.2) is 0 Å². The van der Waals surface area contributed by atoms with Crippen LogP contribution in [0, 0.1) is 0 Å². The molecule has 6 heteroatoms. The molecule has 72 valence electrons. The first kappa shape index (κ1) is 9.98. The molecule has 0 bridgehead atoms. The Hall–Kier alpha value is -0.555. The molecule has 0 saturated carbocycles. The van der Waals surface area contributed by atoms with Crippen molar-refractivity contribution in [2.24, 2.45) is 0 Å². The summed E-state index contributed by atoms with van der Waals surface area (Å²) in [5.41, 5.74) is 6.63. The standard InChI is InChI=1S/C8H7BBrNO2S/c10-7-2-4-1-5(11)3-6(9(12)13)8(4)14-7/h1-3,12-13H,11H2. The number of rotatable bonds is 1. The van der Waals surface area contributed by atoms with Gasteiger partial charge in [-0.3, -0.25) is 0 Å². The van der Waals surface area contributed by atoms with Crippen molar-refractivity contribution in [3.05, 3.63) is 22.0 Å². The molecule has 0 spiro atoms. The smallest absolute Gasteiger partial charge is 0.423 e. The highest BCUT2D eigenvalue weighted by atomic mass is 79.9. The van der Waals surface area contributed by atoms with Gasteiger partial charge in [0.05, 0.1) is 3.79 Å². The SMILES string of the molecule is Nc1cc(B(O)O)c2sc(Br)cc2c1. The third-order valence-corrected chi connectivity index (χ3v) is 3.62. The van der Waals surface area contributed by atoms with Crippen LogP contribution in [0.3, 0.4) is 0 Å². The van der Waals surface area contributed by atoms with Crippen molar-refractivity contribution in [2.45, 2.75) is 0 Å². The number of benzene rings is 1. The van der Waals surface area contributed by atoms with E-state index in [0.29, 0.717) is 11.2 Å². The summed E-state index contributed by atoms with van der Waals surface area (Å²) in [7, 11) is -1.48. The van der Waals surface area contributed by atoms with Gasteiger partial charge in [-0.25, -0.2) is 0 Å². The Kier molecular flexibility index (Phi) is 2.53. The summed E-state index contributed by atoms with van der Waals surface area (Å²) in [6.07, 6.45) is 0. The second kappa shape index (κ2) is 3.54. The second-order valence-corrected chi connectivity index (χ2v) is 5.38. The Bertz CT molecular complexity index is 485. The van der Waals surface area contributed by atoms with E-state index in [1.54, 1.807) is 6.07 Å². The molecule has 0 atom stereocenters. The molecule has 14 heavy (non-hydrogen) atoms. The Labute approximate surface area is 93.4 Å². The highest BCUT2D eigenvalue weighted by Crippen LogP contribution is 2.29. The summed E-state index contributed by atoms with van der Waals surface area (Å²) in [6, 6.07) is 5.29. The summed E-state index contributed by atoms with van der Waals surface area (Å²) in [5.74, 6) is 0. The van der Waals surface area contributed by atoms with Gasteiger partial charge in [0, 0.05) is 15.9 Å². The minimum Gasteiger partial charge on any atom is -0.423 e. The number of hydrogen-bond acceptors (Lipinski definition) is 4. The lowest BCUT2D eigenvalue weighted by atomic mass is 9.79. The van der Waals surface area contributed by atoms with Crippen LogP contribution < -0.4 is 11.2 Å². The number of fused-ring (bicyclic) bond motifs is 1. The van der Waals surface area contributed by atoms with Crippen molar-refractivity contribution < 1.29 is 10.0 Å². The fourth-order valence-electron chi connectivity index (χ4n) is 1.36. The quantitative estimate of drug-likeness (QED) is 0.534. The number of nitrogen functional groups attached to an aromatic ring is 1. The zero-order chi connectivity index (χ0) is 10.3. The molecule has 3 nitrogen and oxygen atoms in total. The van der Waals surface area contributed by atoms with Gasteiger partial charge < -0.3 is 15.8 Å². The number of thiophene rings is 1. The normalized spacial score (nSPS) is 10.8. The van der Waals surface area contributed by atoms with Crippen molar-refractivity contribution >= 4 is 55.6 Å². The van der Waals surface area contributed by atoms with Crippen LogP contribution in [0.4, 0.5) is 5.69 Å². The largest absolute Gasteiger partial charge is 0.489 e. The van der Waals surface area contributed by atoms with E-state index in [-0.39, 0.29) is 0 Å². The highest BCUT2D eigenvalue weighted by Gasteiger charge is 2.17. The Balaban J connectivity index is 2.79. The predicted octanol–water partition coefficient (Wildman–Crippen LogP) is 0.926. The van der Waals surface area contributed by atoms with Crippen LogP contribution in [0.1, 0.15) is 0 Å². The topological polar surface area (TPSA) is 66.5 Å². The number of nitrogens with two attached hydrogens (primary N) is 1. The van der Waals surface area contributed by atoms with Gasteiger partial charge in [0.2, 0.25) is 0 Å². The van der Waals surface area contributed by atoms with E-state index in [1.165, 1.54) is 11.3 Å². The van der Waals surface area contributed by atoms with Gasteiger partial charge in [-0.15, -0.1) is 11.3 Å². The van der Waals surface area contributed by atoms with Crippen molar-refractivity contribution in [1.82, 2.24) is 0 Å². The summed E-state index contributed by atoms with van der Waals surface area (Å²) in [4.78, 5) is 0. The number of halogens is 1. The number of anilines is 1. The molecule has 0 unspecified atom stereocenters. The van der Waals surface area contributed by atoms with Gasteiger partial charge >= 0.3 is 7.12 Å². The van der Waals surface area contributed by atoms with Crippen LogP contribution in [-0.4, -0.2) is 17.2 Å². The molecule has 1 aromatic heterocycles. The first-order valence-electron chi connectivity index (χ1n) is 3.92. The lowest BCUT2D eigenvalue weighted by Crippen LogP contribution is -2.30. The monoisotopic (exact) mass is 271 g/mol. The van der Waals surface area contributed by atoms with Crippen LogP contribution >= 0.6 is 27.3 Å². The van der Waals surface area contributed by atoms with Crippen LogP contribution in [-0.2, 0) is 0 Å². The molecule has 0 saturated heterocycles. The molecule has 2 aromatic rings. The summed E-state index contributed by atoms with van der Waals surface area (Å²) in [5, 5.41) is 19.2. The summed E-state index contributed by atoms with van der Waals surface area (Å²) < 4.78 is 1.79. The molecule has 0 fully saturated rings. The average Bonchev–Trinajstić information content (AvgIpc) is 2.42. The molecule has 4 N–H and O–H groups in total. The van der Waals surface area contributed by atoms with Gasteiger partial charge in [0.25, 0.3) is 0 Å². The van der Waals surface area contributed by atoms with Crippen molar-refractivity contribution in [1.29, 1.82) is 0 Å². The minimum atomic E-state index is -1.48. The van der Waals surface area contributed by atoms with E-state index < -0.39 is 7.12 Å². The third kappa shape index (κ3) is 1.66. The zero-order valence-electron chi connectivity index (χ0n) is 7.07. The maximum absolute atomic E-state index is 9.15. The maximum atomic E-state index is 9.15. The van der Waals surface area contributed by atoms with Gasteiger partial charge in [-0.05, 0) is 39.5 Å². The highest BCUT2D eigenvalue weighted by molar-refractivity contribution is 9.11. The first-order chi connectivity index (χ1) is 6.58. The average molecular weight is 272 g/mol. The lowest BCUT2D eigenvalue weighted by Gasteiger charge is -2.02. The minimum absolute atomic E-state index is 0.454. The molecule has 0 amide bonds. The molecule has 2 rings (SSSR count). The lowest BCUT2D eigenvalue weighted by molar-refractivity contribution is 0.426.